The molecular weight excluding hydrogens is 449 g/mol. The monoisotopic (exact) mass is 469 g/mol. The van der Waals surface area contributed by atoms with Gasteiger partial charge in [-0.2, -0.15) is 0 Å². The number of aromatic nitrogens is 3. The molecule has 0 N–H and O–H groups in total. The molecule has 0 fully saturated rings. The number of methoxy groups -OCH3 is 2. The molecule has 0 spiro atoms. The molecule has 0 radical (unpaired) electrons. The van der Waals surface area contributed by atoms with Crippen molar-refractivity contribution in [2.75, 3.05) is 14.2 Å². The minimum Gasteiger partial charge on any atom is -0.497 e. The predicted octanol–water partition coefficient (Wildman–Crippen LogP) is 6.34. The summed E-state index contributed by atoms with van der Waals surface area (Å²) in [6.07, 6.45) is 0. The Morgan fingerprint density at radius 1 is 0.969 bits per heavy atom. The lowest BCUT2D eigenvalue weighted by Gasteiger charge is -2.13. The van der Waals surface area contributed by atoms with E-state index in [-0.39, 0.29) is 5.82 Å². The quantitative estimate of drug-likeness (QED) is 0.295. The van der Waals surface area contributed by atoms with Crippen LogP contribution in [0.2, 0.25) is 5.02 Å². The fourth-order valence-electron chi connectivity index (χ4n) is 3.22. The zero-order valence-electron chi connectivity index (χ0n) is 17.8. The Morgan fingerprint density at radius 2 is 1.66 bits per heavy atom. The van der Waals surface area contributed by atoms with Crippen molar-refractivity contribution in [3.05, 3.63) is 82.6 Å². The molecule has 1 heterocycles. The fourth-order valence-corrected chi connectivity index (χ4v) is 4.52. The maximum Gasteiger partial charge on any atom is 0.196 e. The van der Waals surface area contributed by atoms with Gasteiger partial charge in [0.2, 0.25) is 0 Å². The average molecular weight is 470 g/mol. The lowest BCUT2D eigenvalue weighted by Crippen LogP contribution is -2.01. The summed E-state index contributed by atoms with van der Waals surface area (Å²) in [6.45, 7) is 2.03. The number of nitrogens with zero attached hydrogens (tertiary/aromatic N) is 3. The van der Waals surface area contributed by atoms with Crippen LogP contribution in [0.15, 0.2) is 65.8 Å². The van der Waals surface area contributed by atoms with Crippen LogP contribution in [0, 0.1) is 12.7 Å². The third kappa shape index (κ3) is 4.59. The number of benzene rings is 3. The average Bonchev–Trinajstić information content (AvgIpc) is 3.23. The van der Waals surface area contributed by atoms with Crippen LogP contribution in [-0.2, 0) is 5.75 Å². The molecule has 4 aromatic rings. The molecule has 0 aliphatic carbocycles. The zero-order valence-corrected chi connectivity index (χ0v) is 19.4. The molecule has 0 amide bonds. The number of ether oxygens (including phenoxy) is 2. The van der Waals surface area contributed by atoms with Gasteiger partial charge in [-0.3, -0.25) is 4.57 Å². The Labute approximate surface area is 195 Å². The topological polar surface area (TPSA) is 49.2 Å². The van der Waals surface area contributed by atoms with Crippen LogP contribution in [0.5, 0.6) is 11.5 Å². The first-order chi connectivity index (χ1) is 15.5. The van der Waals surface area contributed by atoms with Gasteiger partial charge in [-0.1, -0.05) is 47.1 Å². The van der Waals surface area contributed by atoms with Gasteiger partial charge in [-0.05, 0) is 43.3 Å². The van der Waals surface area contributed by atoms with E-state index in [2.05, 4.69) is 10.2 Å². The number of hydrogen-bond acceptors (Lipinski definition) is 5. The van der Waals surface area contributed by atoms with Crippen molar-refractivity contribution in [1.82, 2.24) is 14.8 Å². The van der Waals surface area contributed by atoms with Crippen molar-refractivity contribution < 1.29 is 13.9 Å². The van der Waals surface area contributed by atoms with E-state index >= 15 is 0 Å². The molecule has 5 nitrogen and oxygen atoms in total. The van der Waals surface area contributed by atoms with Crippen LogP contribution in [0.1, 0.15) is 11.1 Å². The van der Waals surface area contributed by atoms with Crippen molar-refractivity contribution in [3.63, 3.8) is 0 Å². The van der Waals surface area contributed by atoms with Crippen LogP contribution in [-0.4, -0.2) is 29.0 Å². The van der Waals surface area contributed by atoms with Gasteiger partial charge in [0, 0.05) is 33.7 Å². The van der Waals surface area contributed by atoms with Crippen LogP contribution in [0.3, 0.4) is 0 Å². The van der Waals surface area contributed by atoms with Gasteiger partial charge >= 0.3 is 0 Å². The second kappa shape index (κ2) is 9.63. The minimum absolute atomic E-state index is 0.316. The molecule has 0 atom stereocenters. The normalized spacial score (nSPS) is 10.9. The van der Waals surface area contributed by atoms with E-state index in [4.69, 9.17) is 21.1 Å². The summed E-state index contributed by atoms with van der Waals surface area (Å²) in [7, 11) is 3.20. The van der Waals surface area contributed by atoms with Gasteiger partial charge in [0.1, 0.15) is 17.3 Å². The summed E-state index contributed by atoms with van der Waals surface area (Å²) in [4.78, 5) is 0. The molecule has 0 bridgehead atoms. The van der Waals surface area contributed by atoms with E-state index in [0.29, 0.717) is 38.8 Å². The predicted molar refractivity (Wildman–Crippen MR) is 126 cm³/mol. The van der Waals surface area contributed by atoms with Gasteiger partial charge < -0.3 is 9.47 Å². The molecule has 0 saturated carbocycles. The van der Waals surface area contributed by atoms with Crippen LogP contribution >= 0.6 is 23.4 Å². The lowest BCUT2D eigenvalue weighted by molar-refractivity contribution is 0.394. The zero-order chi connectivity index (χ0) is 22.7. The number of thioether (sulfide) groups is 1. The van der Waals surface area contributed by atoms with E-state index < -0.39 is 0 Å². The smallest absolute Gasteiger partial charge is 0.196 e. The van der Waals surface area contributed by atoms with Gasteiger partial charge in [0.25, 0.3) is 0 Å². The van der Waals surface area contributed by atoms with Crippen molar-refractivity contribution in [1.29, 1.82) is 0 Å². The van der Waals surface area contributed by atoms with Crippen LogP contribution in [0.25, 0.3) is 17.1 Å². The van der Waals surface area contributed by atoms with Gasteiger partial charge in [-0.25, -0.2) is 4.39 Å². The summed E-state index contributed by atoms with van der Waals surface area (Å²) >= 11 is 7.58. The van der Waals surface area contributed by atoms with E-state index in [1.54, 1.807) is 32.4 Å². The second-order valence-electron chi connectivity index (χ2n) is 7.07. The molecule has 0 aliphatic rings. The van der Waals surface area contributed by atoms with Crippen LogP contribution in [0.4, 0.5) is 4.39 Å². The molecule has 0 unspecified atom stereocenters. The summed E-state index contributed by atoms with van der Waals surface area (Å²) in [6, 6.07) is 18.3. The third-order valence-electron chi connectivity index (χ3n) is 4.94. The lowest BCUT2D eigenvalue weighted by atomic mass is 10.1. The number of rotatable bonds is 7. The van der Waals surface area contributed by atoms with E-state index in [1.807, 2.05) is 47.9 Å². The Balaban J connectivity index is 1.80. The maximum absolute atomic E-state index is 14.3. The highest BCUT2D eigenvalue weighted by Gasteiger charge is 2.19. The summed E-state index contributed by atoms with van der Waals surface area (Å²) in [5.41, 5.74) is 3.24. The second-order valence-corrected chi connectivity index (χ2v) is 8.42. The first-order valence-corrected chi connectivity index (χ1v) is 11.2. The van der Waals surface area contributed by atoms with Crippen molar-refractivity contribution in [2.24, 2.45) is 0 Å². The molecule has 3 aromatic carbocycles. The molecule has 164 valence electrons. The molecule has 32 heavy (non-hydrogen) atoms. The first-order valence-electron chi connectivity index (χ1n) is 9.81. The Bertz CT molecular complexity index is 1200. The van der Waals surface area contributed by atoms with Crippen molar-refractivity contribution in [3.8, 4) is 28.6 Å². The highest BCUT2D eigenvalue weighted by molar-refractivity contribution is 7.98. The fraction of sp³-hybridized carbons (Fsp3) is 0.167. The molecule has 1 aromatic heterocycles. The number of halogens is 2. The van der Waals surface area contributed by atoms with Gasteiger partial charge in [0.05, 0.1) is 14.2 Å². The molecule has 0 aliphatic heterocycles. The highest BCUT2D eigenvalue weighted by Crippen LogP contribution is 2.34. The third-order valence-corrected chi connectivity index (χ3v) is 6.25. The maximum atomic E-state index is 14.3. The largest absolute Gasteiger partial charge is 0.497 e. The van der Waals surface area contributed by atoms with Gasteiger partial charge in [0.15, 0.2) is 11.0 Å². The van der Waals surface area contributed by atoms with E-state index in [1.165, 1.54) is 17.8 Å². The number of hydrogen-bond donors (Lipinski definition) is 0. The van der Waals surface area contributed by atoms with E-state index in [9.17, 15) is 4.39 Å². The Hall–Kier alpha value is -3.03. The van der Waals surface area contributed by atoms with E-state index in [0.717, 1.165) is 16.8 Å². The molecule has 0 saturated heterocycles. The van der Waals surface area contributed by atoms with Crippen LogP contribution < -0.4 is 9.47 Å². The minimum atomic E-state index is -0.343. The summed E-state index contributed by atoms with van der Waals surface area (Å²) in [5.74, 6) is 1.88. The molecular formula is C24H21ClFN3O2S. The molecule has 4 rings (SSSR count). The Kier molecular flexibility index (Phi) is 6.67. The first kappa shape index (κ1) is 22.2. The standard InChI is InChI=1S/C24H21ClFN3O2S/c1-15-7-9-17(10-8-15)29-23(16-11-18(30-2)13-19(12-16)31-3)27-28-24(29)32-14-20-21(25)5-4-6-22(20)26/h4-13H,14H2,1-3H3. The molecule has 8 heteroatoms. The summed E-state index contributed by atoms with van der Waals surface area (Å²) < 4.78 is 27.1. The summed E-state index contributed by atoms with van der Waals surface area (Å²) in [5, 5.41) is 9.85. The van der Waals surface area contributed by atoms with Crippen molar-refractivity contribution >= 4 is 23.4 Å². The highest BCUT2D eigenvalue weighted by atomic mass is 35.5. The SMILES string of the molecule is COc1cc(OC)cc(-c2nnc(SCc3c(F)cccc3Cl)n2-c2ccc(C)cc2)c1. The van der Waals surface area contributed by atoms with Crippen molar-refractivity contribution in [2.45, 2.75) is 17.8 Å². The number of aryl methyl sites for hydroxylation is 1. The Morgan fingerprint density at radius 3 is 2.28 bits per heavy atom. The van der Waals surface area contributed by atoms with Gasteiger partial charge in [-0.15, -0.1) is 10.2 Å².